The van der Waals surface area contributed by atoms with Crippen molar-refractivity contribution >= 4 is 23.3 Å². The van der Waals surface area contributed by atoms with E-state index >= 15 is 0 Å². The van der Waals surface area contributed by atoms with Crippen LogP contribution in [0, 0.1) is 17.0 Å². The number of carbonyl (C=O) groups is 2. The van der Waals surface area contributed by atoms with Crippen molar-refractivity contribution in [1.82, 2.24) is 4.90 Å². The van der Waals surface area contributed by atoms with Crippen LogP contribution in [0.3, 0.4) is 0 Å². The first-order valence-corrected chi connectivity index (χ1v) is 6.20. The molecule has 8 heteroatoms. The van der Waals surface area contributed by atoms with Gasteiger partial charge in [0.25, 0.3) is 5.69 Å². The molecule has 1 atom stereocenters. The molecule has 21 heavy (non-hydrogen) atoms. The summed E-state index contributed by atoms with van der Waals surface area (Å²) >= 11 is 0. The van der Waals surface area contributed by atoms with E-state index in [1.54, 1.807) is 6.92 Å². The molecule has 0 saturated heterocycles. The Morgan fingerprint density at radius 2 is 2.10 bits per heavy atom. The number of nitro benzene ring substituents is 1. The first-order valence-electron chi connectivity index (χ1n) is 6.20. The largest absolute Gasteiger partial charge is 0.480 e. The van der Waals surface area contributed by atoms with Crippen LogP contribution in [0.2, 0.25) is 0 Å². The number of hydrogen-bond donors (Lipinski definition) is 2. The van der Waals surface area contributed by atoms with E-state index in [9.17, 15) is 19.7 Å². The number of aryl methyl sites for hydroxylation is 1. The number of carboxylic acid groups (broad SMARTS) is 1. The summed E-state index contributed by atoms with van der Waals surface area (Å²) in [5.41, 5.74) is 0.968. The van der Waals surface area contributed by atoms with Gasteiger partial charge in [-0.05, 0) is 32.5 Å². The second kappa shape index (κ2) is 6.80. The summed E-state index contributed by atoms with van der Waals surface area (Å²) in [6, 6.07) is 3.32. The van der Waals surface area contributed by atoms with E-state index in [4.69, 9.17) is 5.11 Å². The van der Waals surface area contributed by atoms with Crippen molar-refractivity contribution in [1.29, 1.82) is 0 Å². The van der Waals surface area contributed by atoms with Gasteiger partial charge < -0.3 is 10.4 Å². The van der Waals surface area contributed by atoms with Gasteiger partial charge in [-0.25, -0.2) is 0 Å². The SMILES string of the molecule is Cc1cc([N+](=O)[O-])ccc1NC(=O)CN(C)C(C)C(=O)O. The van der Waals surface area contributed by atoms with Crippen molar-refractivity contribution in [3.8, 4) is 0 Å². The standard InChI is InChI=1S/C13H17N3O5/c1-8-6-10(16(20)21)4-5-11(8)14-12(17)7-15(3)9(2)13(18)19/h4-6,9H,7H2,1-3H3,(H,14,17)(H,18,19). The van der Waals surface area contributed by atoms with E-state index in [0.717, 1.165) is 0 Å². The maximum Gasteiger partial charge on any atom is 0.320 e. The summed E-state index contributed by atoms with van der Waals surface area (Å²) in [6.07, 6.45) is 0. The molecule has 1 aromatic carbocycles. The monoisotopic (exact) mass is 295 g/mol. The predicted molar refractivity (Wildman–Crippen MR) is 76.2 cm³/mol. The average Bonchev–Trinajstić information content (AvgIpc) is 2.39. The lowest BCUT2D eigenvalue weighted by Crippen LogP contribution is -2.40. The van der Waals surface area contributed by atoms with Crippen molar-refractivity contribution in [2.45, 2.75) is 19.9 Å². The van der Waals surface area contributed by atoms with E-state index in [1.807, 2.05) is 0 Å². The van der Waals surface area contributed by atoms with Crippen LogP contribution in [0.4, 0.5) is 11.4 Å². The zero-order valence-corrected chi connectivity index (χ0v) is 12.0. The highest BCUT2D eigenvalue weighted by Crippen LogP contribution is 2.21. The number of non-ortho nitro benzene ring substituents is 1. The summed E-state index contributed by atoms with van der Waals surface area (Å²) in [6.45, 7) is 3.03. The van der Waals surface area contributed by atoms with Gasteiger partial charge in [0.15, 0.2) is 0 Å². The van der Waals surface area contributed by atoms with E-state index in [-0.39, 0.29) is 18.1 Å². The molecule has 1 aromatic rings. The molecule has 114 valence electrons. The van der Waals surface area contributed by atoms with Gasteiger partial charge in [0.1, 0.15) is 6.04 Å². The minimum Gasteiger partial charge on any atom is -0.480 e. The number of carbonyl (C=O) groups excluding carboxylic acids is 1. The lowest BCUT2D eigenvalue weighted by molar-refractivity contribution is -0.384. The lowest BCUT2D eigenvalue weighted by Gasteiger charge is -2.20. The van der Waals surface area contributed by atoms with Crippen molar-refractivity contribution in [3.63, 3.8) is 0 Å². The molecule has 1 unspecified atom stereocenters. The summed E-state index contributed by atoms with van der Waals surface area (Å²) in [5.74, 6) is -1.40. The molecule has 0 aliphatic rings. The number of nitrogens with one attached hydrogen (secondary N) is 1. The van der Waals surface area contributed by atoms with Crippen LogP contribution in [0.5, 0.6) is 0 Å². The molecular formula is C13H17N3O5. The smallest absolute Gasteiger partial charge is 0.320 e. The number of carboxylic acids is 1. The number of nitrogens with zero attached hydrogens (tertiary/aromatic N) is 2. The number of aliphatic carboxylic acids is 1. The molecule has 1 amide bonds. The van der Waals surface area contributed by atoms with Crippen LogP contribution in [-0.4, -0.2) is 46.4 Å². The van der Waals surface area contributed by atoms with Gasteiger partial charge in [-0.2, -0.15) is 0 Å². The Balaban J connectivity index is 2.71. The Labute approximate surface area is 121 Å². The molecule has 0 fully saturated rings. The number of hydrogen-bond acceptors (Lipinski definition) is 5. The van der Waals surface area contributed by atoms with Crippen molar-refractivity contribution in [2.24, 2.45) is 0 Å². The van der Waals surface area contributed by atoms with Crippen LogP contribution in [-0.2, 0) is 9.59 Å². The highest BCUT2D eigenvalue weighted by molar-refractivity contribution is 5.93. The number of likely N-dealkylation sites (N-methyl/N-ethyl adjacent to an activating group) is 1. The fourth-order valence-corrected chi connectivity index (χ4v) is 1.64. The van der Waals surface area contributed by atoms with E-state index in [0.29, 0.717) is 11.3 Å². The van der Waals surface area contributed by atoms with Crippen LogP contribution in [0.1, 0.15) is 12.5 Å². The van der Waals surface area contributed by atoms with Gasteiger partial charge in [-0.3, -0.25) is 24.6 Å². The van der Waals surface area contributed by atoms with E-state index in [1.165, 1.54) is 37.1 Å². The Morgan fingerprint density at radius 3 is 2.57 bits per heavy atom. The zero-order chi connectivity index (χ0) is 16.2. The fourth-order valence-electron chi connectivity index (χ4n) is 1.64. The van der Waals surface area contributed by atoms with Gasteiger partial charge in [0.2, 0.25) is 5.91 Å². The maximum absolute atomic E-state index is 11.8. The molecule has 8 nitrogen and oxygen atoms in total. The molecule has 0 radical (unpaired) electrons. The van der Waals surface area contributed by atoms with Gasteiger partial charge >= 0.3 is 5.97 Å². The van der Waals surface area contributed by atoms with E-state index in [2.05, 4.69) is 5.32 Å². The average molecular weight is 295 g/mol. The van der Waals surface area contributed by atoms with Gasteiger partial charge in [-0.1, -0.05) is 0 Å². The highest BCUT2D eigenvalue weighted by atomic mass is 16.6. The minimum atomic E-state index is -1.02. The Morgan fingerprint density at radius 1 is 1.48 bits per heavy atom. The molecule has 0 aliphatic carbocycles. The van der Waals surface area contributed by atoms with Gasteiger partial charge in [-0.15, -0.1) is 0 Å². The van der Waals surface area contributed by atoms with Gasteiger partial charge in [0, 0.05) is 17.8 Å². The van der Waals surface area contributed by atoms with Crippen LogP contribution < -0.4 is 5.32 Å². The molecular weight excluding hydrogens is 278 g/mol. The molecule has 0 bridgehead atoms. The third kappa shape index (κ3) is 4.53. The van der Waals surface area contributed by atoms with Crippen LogP contribution >= 0.6 is 0 Å². The topological polar surface area (TPSA) is 113 Å². The minimum absolute atomic E-state index is 0.0536. The Hall–Kier alpha value is -2.48. The van der Waals surface area contributed by atoms with Crippen LogP contribution in [0.15, 0.2) is 18.2 Å². The second-order valence-corrected chi connectivity index (χ2v) is 4.73. The number of nitro groups is 1. The van der Waals surface area contributed by atoms with Crippen LogP contribution in [0.25, 0.3) is 0 Å². The quantitative estimate of drug-likeness (QED) is 0.603. The Bertz CT molecular complexity index is 573. The van der Waals surface area contributed by atoms with Crippen molar-refractivity contribution in [3.05, 3.63) is 33.9 Å². The fraction of sp³-hybridized carbons (Fsp3) is 0.385. The summed E-state index contributed by atoms with van der Waals surface area (Å²) < 4.78 is 0. The summed E-state index contributed by atoms with van der Waals surface area (Å²) in [7, 11) is 1.53. The van der Waals surface area contributed by atoms with E-state index < -0.39 is 16.9 Å². The molecule has 0 saturated carbocycles. The highest BCUT2D eigenvalue weighted by Gasteiger charge is 2.19. The third-order valence-corrected chi connectivity index (χ3v) is 3.11. The van der Waals surface area contributed by atoms with Crippen molar-refractivity contribution in [2.75, 3.05) is 18.9 Å². The number of anilines is 1. The lowest BCUT2D eigenvalue weighted by atomic mass is 10.2. The number of rotatable bonds is 6. The molecule has 0 heterocycles. The molecule has 2 N–H and O–H groups in total. The summed E-state index contributed by atoms with van der Waals surface area (Å²) in [5, 5.41) is 22.1. The first kappa shape index (κ1) is 16.6. The maximum atomic E-state index is 11.8. The number of benzene rings is 1. The summed E-state index contributed by atoms with van der Waals surface area (Å²) in [4.78, 5) is 34.1. The number of amides is 1. The second-order valence-electron chi connectivity index (χ2n) is 4.73. The molecule has 0 aromatic heterocycles. The normalized spacial score (nSPS) is 12.0. The Kier molecular flexibility index (Phi) is 5.37. The molecule has 0 spiro atoms. The van der Waals surface area contributed by atoms with Gasteiger partial charge in [0.05, 0.1) is 11.5 Å². The zero-order valence-electron chi connectivity index (χ0n) is 12.0. The third-order valence-electron chi connectivity index (χ3n) is 3.11. The first-order chi connectivity index (χ1) is 9.72. The molecule has 1 rings (SSSR count). The predicted octanol–water partition coefficient (Wildman–Crippen LogP) is 1.25. The molecule has 0 aliphatic heterocycles. The van der Waals surface area contributed by atoms with Crippen molar-refractivity contribution < 1.29 is 19.6 Å².